The van der Waals surface area contributed by atoms with Crippen molar-refractivity contribution >= 4 is 23.5 Å². The van der Waals surface area contributed by atoms with Gasteiger partial charge in [0.15, 0.2) is 0 Å². The molecule has 0 spiro atoms. The molecule has 0 aliphatic carbocycles. The van der Waals surface area contributed by atoms with Gasteiger partial charge in [-0.25, -0.2) is 8.62 Å². The predicted molar refractivity (Wildman–Crippen MR) is 56.7 cm³/mol. The Bertz CT molecular complexity index is 471. The van der Waals surface area contributed by atoms with Crippen molar-refractivity contribution in [3.63, 3.8) is 0 Å². The van der Waals surface area contributed by atoms with Crippen molar-refractivity contribution < 1.29 is 51.2 Å². The Balaban J connectivity index is 2.50. The van der Waals surface area contributed by atoms with Crippen molar-refractivity contribution in [2.45, 2.75) is 32.0 Å². The Hall–Kier alpha value is 0.370. The van der Waals surface area contributed by atoms with E-state index in [1.165, 1.54) is 0 Å². The van der Waals surface area contributed by atoms with Crippen LogP contribution < -0.4 is 14.7 Å². The third kappa shape index (κ3) is 7.40. The largest absolute Gasteiger partial charge is 0.756 e. The molecule has 5 atom stereocenters. The van der Waals surface area contributed by atoms with Crippen LogP contribution in [-0.2, 0) is 31.6 Å². The second-order valence-corrected chi connectivity index (χ2v) is 8.26. The molecule has 1 saturated heterocycles. The van der Waals surface area contributed by atoms with Gasteiger partial charge in [-0.3, -0.25) is 13.7 Å². The molecule has 11 nitrogen and oxygen atoms in total. The third-order valence-electron chi connectivity index (χ3n) is 2.14. The molecule has 0 bridgehead atoms. The predicted octanol–water partition coefficient (Wildman–Crippen LogP) is -0.999. The maximum atomic E-state index is 11.2. The van der Waals surface area contributed by atoms with E-state index in [0.29, 0.717) is 12.8 Å². The average molecular weight is 353 g/mol. The van der Waals surface area contributed by atoms with E-state index in [9.17, 15) is 28.4 Å². The van der Waals surface area contributed by atoms with Crippen LogP contribution in [0.5, 0.6) is 0 Å². The van der Waals surface area contributed by atoms with Crippen molar-refractivity contribution in [1.29, 1.82) is 0 Å². The van der Waals surface area contributed by atoms with Gasteiger partial charge >= 0.3 is 0 Å². The van der Waals surface area contributed by atoms with Crippen molar-refractivity contribution in [3.05, 3.63) is 0 Å². The smallest absolute Gasteiger partial charge is 0.280 e. The zero-order valence-electron chi connectivity index (χ0n) is 10.1. The molecule has 5 unspecified atom stereocenters. The molecule has 0 saturated carbocycles. The molecule has 0 aromatic rings. The van der Waals surface area contributed by atoms with Gasteiger partial charge in [0, 0.05) is 0 Å². The van der Waals surface area contributed by atoms with E-state index in [4.69, 9.17) is 9.63 Å². The van der Waals surface area contributed by atoms with Crippen LogP contribution in [0.3, 0.4) is 0 Å². The Morgan fingerprint density at radius 1 is 1.15 bits per heavy atom. The minimum Gasteiger partial charge on any atom is -0.756 e. The second-order valence-electron chi connectivity index (χ2n) is 3.97. The van der Waals surface area contributed by atoms with Crippen LogP contribution in [0.4, 0.5) is 0 Å². The van der Waals surface area contributed by atoms with E-state index in [1.807, 2.05) is 0 Å². The van der Waals surface area contributed by atoms with Crippen LogP contribution in [0, 0.1) is 0 Å². The SMILES string of the molecule is CC1CCC(COP(=O)([O-])OP(=O)([O-])OP(=O)([O-])O)O1. The zero-order chi connectivity index (χ0) is 15.6. The summed E-state index contributed by atoms with van der Waals surface area (Å²) in [6.07, 6.45) is 0.570. The summed E-state index contributed by atoms with van der Waals surface area (Å²) in [6.45, 7) is 1.28. The van der Waals surface area contributed by atoms with E-state index in [1.54, 1.807) is 6.92 Å². The third-order valence-corrected chi connectivity index (χ3v) is 5.83. The van der Waals surface area contributed by atoms with Crippen LogP contribution >= 0.6 is 23.5 Å². The highest BCUT2D eigenvalue weighted by Gasteiger charge is 2.27. The highest BCUT2D eigenvalue weighted by atomic mass is 31.3. The first kappa shape index (κ1) is 18.4. The number of hydrogen-bond donors (Lipinski definition) is 1. The quantitative estimate of drug-likeness (QED) is 0.555. The van der Waals surface area contributed by atoms with Gasteiger partial charge in [0.2, 0.25) is 0 Å². The van der Waals surface area contributed by atoms with E-state index in [-0.39, 0.29) is 6.10 Å². The summed E-state index contributed by atoms with van der Waals surface area (Å²) in [5.74, 6) is 0. The summed E-state index contributed by atoms with van der Waals surface area (Å²) in [6, 6.07) is 0. The Morgan fingerprint density at radius 3 is 2.20 bits per heavy atom. The molecule has 1 heterocycles. The molecular formula is C6H12O11P3-3. The van der Waals surface area contributed by atoms with Gasteiger partial charge in [-0.1, -0.05) is 0 Å². The maximum absolute atomic E-state index is 11.2. The molecule has 20 heavy (non-hydrogen) atoms. The molecule has 1 fully saturated rings. The molecule has 1 aliphatic heterocycles. The first-order chi connectivity index (χ1) is 8.89. The van der Waals surface area contributed by atoms with E-state index in [0.717, 1.165) is 0 Å². The molecular weight excluding hydrogens is 341 g/mol. The summed E-state index contributed by atoms with van der Waals surface area (Å²) < 4.78 is 48.3. The molecule has 0 aromatic carbocycles. The summed E-state index contributed by atoms with van der Waals surface area (Å²) in [4.78, 5) is 40.4. The lowest BCUT2D eigenvalue weighted by Crippen LogP contribution is -2.20. The van der Waals surface area contributed by atoms with Gasteiger partial charge in [-0.2, -0.15) is 0 Å². The minimum atomic E-state index is -5.83. The zero-order valence-corrected chi connectivity index (χ0v) is 12.8. The highest BCUT2D eigenvalue weighted by molar-refractivity contribution is 7.65. The van der Waals surface area contributed by atoms with Gasteiger partial charge in [0.05, 0.1) is 18.8 Å². The molecule has 14 heteroatoms. The van der Waals surface area contributed by atoms with Crippen molar-refractivity contribution in [1.82, 2.24) is 0 Å². The van der Waals surface area contributed by atoms with Crippen LogP contribution in [-0.4, -0.2) is 23.7 Å². The molecule has 0 radical (unpaired) electrons. The number of rotatable bonds is 7. The summed E-state index contributed by atoms with van der Waals surface area (Å²) in [5.41, 5.74) is 0. The van der Waals surface area contributed by atoms with Crippen LogP contribution in [0.15, 0.2) is 0 Å². The van der Waals surface area contributed by atoms with Gasteiger partial charge in [-0.15, -0.1) is 0 Å². The van der Waals surface area contributed by atoms with E-state index in [2.05, 4.69) is 13.1 Å². The number of phosphoric acid groups is 3. The molecule has 1 aliphatic rings. The lowest BCUT2D eigenvalue weighted by atomic mass is 10.2. The van der Waals surface area contributed by atoms with Crippen molar-refractivity contribution in [3.8, 4) is 0 Å². The number of hydrogen-bond acceptors (Lipinski definition) is 10. The summed E-state index contributed by atoms with van der Waals surface area (Å²) >= 11 is 0. The summed E-state index contributed by atoms with van der Waals surface area (Å²) in [7, 11) is -16.9. The topological polar surface area (TPSA) is 178 Å². The minimum absolute atomic E-state index is 0.0785. The fraction of sp³-hybridized carbons (Fsp3) is 1.00. The molecule has 1 N–H and O–H groups in total. The first-order valence-corrected chi connectivity index (χ1v) is 9.69. The molecule has 1 rings (SSSR count). The maximum Gasteiger partial charge on any atom is 0.280 e. The normalized spacial score (nSPS) is 32.2. The molecule has 120 valence electrons. The Morgan fingerprint density at radius 2 is 1.75 bits per heavy atom. The van der Waals surface area contributed by atoms with Crippen molar-refractivity contribution in [2.75, 3.05) is 6.61 Å². The number of ether oxygens (including phenoxy) is 1. The fourth-order valence-electron chi connectivity index (χ4n) is 1.47. The fourth-order valence-corrected chi connectivity index (χ4v) is 4.39. The van der Waals surface area contributed by atoms with Gasteiger partial charge in [0.25, 0.3) is 23.5 Å². The lowest BCUT2D eigenvalue weighted by molar-refractivity contribution is -0.250. The van der Waals surface area contributed by atoms with Gasteiger partial charge in [-0.05, 0) is 19.8 Å². The second kappa shape index (κ2) is 6.64. The molecule has 0 aromatic heterocycles. The highest BCUT2D eigenvalue weighted by Crippen LogP contribution is 2.61. The monoisotopic (exact) mass is 353 g/mol. The van der Waals surface area contributed by atoms with Crippen LogP contribution in [0.1, 0.15) is 19.8 Å². The Kier molecular flexibility index (Phi) is 6.12. The molecule has 0 amide bonds. The van der Waals surface area contributed by atoms with E-state index < -0.39 is 36.2 Å². The van der Waals surface area contributed by atoms with Crippen LogP contribution in [0.25, 0.3) is 0 Å². The lowest BCUT2D eigenvalue weighted by Gasteiger charge is -2.32. The van der Waals surface area contributed by atoms with E-state index >= 15 is 0 Å². The summed E-state index contributed by atoms with van der Waals surface area (Å²) in [5, 5.41) is 0. The Labute approximate surface area is 114 Å². The van der Waals surface area contributed by atoms with Gasteiger partial charge in [0.1, 0.15) is 0 Å². The standard InChI is InChI=1S/C6H15O11P3/c1-5-2-3-6(15-5)4-14-19(10,11)17-20(12,13)16-18(7,8)9/h5-6H,2-4H2,1H3,(H,10,11)(H,12,13)(H2,7,8,9)/p-3. The number of phosphoric ester groups is 1. The first-order valence-electron chi connectivity index (χ1n) is 5.27. The van der Waals surface area contributed by atoms with Crippen LogP contribution in [0.2, 0.25) is 0 Å². The van der Waals surface area contributed by atoms with Gasteiger partial charge < -0.3 is 28.8 Å². The van der Waals surface area contributed by atoms with Crippen molar-refractivity contribution in [2.24, 2.45) is 0 Å². The average Bonchev–Trinajstić information content (AvgIpc) is 2.55.